The molecule has 0 fully saturated rings. The van der Waals surface area contributed by atoms with Crippen molar-refractivity contribution in [1.29, 1.82) is 0 Å². The summed E-state index contributed by atoms with van der Waals surface area (Å²) in [6, 6.07) is 2.72. The Morgan fingerprint density at radius 1 is 1.39 bits per heavy atom. The topological polar surface area (TPSA) is 83.6 Å². The minimum atomic E-state index is -0.690. The summed E-state index contributed by atoms with van der Waals surface area (Å²) in [5, 5.41) is 29.8. The van der Waals surface area contributed by atoms with E-state index in [2.05, 4.69) is 13.8 Å². The Labute approximate surface area is 106 Å². The highest BCUT2D eigenvalue weighted by molar-refractivity contribution is 5.57. The highest BCUT2D eigenvalue weighted by Crippen LogP contribution is 2.43. The minimum Gasteiger partial charge on any atom is -0.504 e. The Morgan fingerprint density at radius 2 is 1.94 bits per heavy atom. The molecule has 0 aliphatic carbocycles. The number of phenols is 2. The molecule has 1 atom stereocenters. The molecule has 1 aromatic carbocycles. The Bertz CT molecular complexity index is 468. The van der Waals surface area contributed by atoms with Crippen LogP contribution in [-0.2, 0) is 0 Å². The average molecular weight is 253 g/mol. The number of hydrogen-bond donors (Lipinski definition) is 2. The van der Waals surface area contributed by atoms with Crippen LogP contribution >= 0.6 is 0 Å². The standard InChI is InChI=1S/C13H19NO4/c1-5-13(3,4)8(2)9-6-10(14(17)18)12(16)11(15)7-9/h6-8,15-16H,5H2,1-4H3. The Balaban J connectivity index is 3.31. The van der Waals surface area contributed by atoms with Gasteiger partial charge in [0, 0.05) is 6.07 Å². The second-order valence-corrected chi connectivity index (χ2v) is 5.23. The number of aromatic hydroxyl groups is 2. The van der Waals surface area contributed by atoms with Gasteiger partial charge in [-0.05, 0) is 23.0 Å². The first-order valence-corrected chi connectivity index (χ1v) is 5.91. The molecule has 0 aliphatic rings. The first kappa shape index (κ1) is 14.3. The van der Waals surface area contributed by atoms with Crippen molar-refractivity contribution in [1.82, 2.24) is 0 Å². The van der Waals surface area contributed by atoms with Crippen LogP contribution in [0.3, 0.4) is 0 Å². The fourth-order valence-electron chi connectivity index (χ4n) is 1.77. The van der Waals surface area contributed by atoms with E-state index in [1.165, 1.54) is 12.1 Å². The normalized spacial score (nSPS) is 13.3. The monoisotopic (exact) mass is 253 g/mol. The van der Waals surface area contributed by atoms with Gasteiger partial charge in [0.15, 0.2) is 5.75 Å². The molecular formula is C13H19NO4. The second-order valence-electron chi connectivity index (χ2n) is 5.23. The van der Waals surface area contributed by atoms with Crippen molar-refractivity contribution in [2.75, 3.05) is 0 Å². The lowest BCUT2D eigenvalue weighted by Gasteiger charge is -2.31. The lowest BCUT2D eigenvalue weighted by atomic mass is 9.74. The van der Waals surface area contributed by atoms with Crippen LogP contribution in [0.25, 0.3) is 0 Å². The highest BCUT2D eigenvalue weighted by Gasteiger charge is 2.28. The molecule has 2 N–H and O–H groups in total. The summed E-state index contributed by atoms with van der Waals surface area (Å²) in [5.41, 5.74) is 0.157. The maximum absolute atomic E-state index is 10.8. The molecule has 1 rings (SSSR count). The molecule has 0 aromatic heterocycles. The van der Waals surface area contributed by atoms with Gasteiger partial charge in [-0.2, -0.15) is 0 Å². The third-order valence-electron chi connectivity index (χ3n) is 3.87. The van der Waals surface area contributed by atoms with Gasteiger partial charge in [-0.1, -0.05) is 34.1 Å². The number of benzene rings is 1. The zero-order chi connectivity index (χ0) is 14.1. The van der Waals surface area contributed by atoms with Gasteiger partial charge < -0.3 is 10.2 Å². The summed E-state index contributed by atoms with van der Waals surface area (Å²) in [7, 11) is 0. The van der Waals surface area contributed by atoms with Crippen molar-refractivity contribution in [2.24, 2.45) is 5.41 Å². The van der Waals surface area contributed by atoms with Crippen LogP contribution in [0.4, 0.5) is 5.69 Å². The van der Waals surface area contributed by atoms with Crippen LogP contribution in [0.5, 0.6) is 11.5 Å². The van der Waals surface area contributed by atoms with E-state index < -0.39 is 22.1 Å². The first-order valence-electron chi connectivity index (χ1n) is 5.91. The van der Waals surface area contributed by atoms with E-state index in [0.29, 0.717) is 5.56 Å². The molecule has 0 spiro atoms. The number of nitro benzene ring substituents is 1. The molecule has 0 amide bonds. The van der Waals surface area contributed by atoms with Crippen LogP contribution in [-0.4, -0.2) is 15.1 Å². The van der Waals surface area contributed by atoms with E-state index >= 15 is 0 Å². The lowest BCUT2D eigenvalue weighted by molar-refractivity contribution is -0.386. The van der Waals surface area contributed by atoms with E-state index in [-0.39, 0.29) is 11.3 Å². The number of nitro groups is 1. The second kappa shape index (κ2) is 4.84. The zero-order valence-electron chi connectivity index (χ0n) is 11.1. The third kappa shape index (κ3) is 2.55. The summed E-state index contributed by atoms with van der Waals surface area (Å²) in [5.74, 6) is -1.09. The molecule has 1 aromatic rings. The van der Waals surface area contributed by atoms with Gasteiger partial charge >= 0.3 is 5.69 Å². The molecule has 18 heavy (non-hydrogen) atoms. The summed E-state index contributed by atoms with van der Waals surface area (Å²) >= 11 is 0. The van der Waals surface area contributed by atoms with Crippen molar-refractivity contribution in [2.45, 2.75) is 40.0 Å². The zero-order valence-corrected chi connectivity index (χ0v) is 11.1. The van der Waals surface area contributed by atoms with Crippen LogP contribution in [0.2, 0.25) is 0 Å². The number of nitrogens with zero attached hydrogens (tertiary/aromatic N) is 1. The van der Waals surface area contributed by atoms with Gasteiger partial charge in [0.2, 0.25) is 5.75 Å². The van der Waals surface area contributed by atoms with Crippen molar-refractivity contribution in [3.63, 3.8) is 0 Å². The molecule has 0 saturated heterocycles. The Kier molecular flexibility index (Phi) is 3.84. The molecule has 5 nitrogen and oxygen atoms in total. The quantitative estimate of drug-likeness (QED) is 0.488. The van der Waals surface area contributed by atoms with E-state index in [4.69, 9.17) is 0 Å². The summed E-state index contributed by atoms with van der Waals surface area (Å²) in [6.45, 7) is 8.13. The predicted octanol–water partition coefficient (Wildman–Crippen LogP) is 3.55. The van der Waals surface area contributed by atoms with Crippen molar-refractivity contribution >= 4 is 5.69 Å². The summed E-state index contributed by atoms with van der Waals surface area (Å²) in [4.78, 5) is 10.1. The van der Waals surface area contributed by atoms with Crippen molar-refractivity contribution in [3.8, 4) is 11.5 Å². The van der Waals surface area contributed by atoms with Crippen LogP contribution < -0.4 is 0 Å². The van der Waals surface area contributed by atoms with Gasteiger partial charge in [-0.15, -0.1) is 0 Å². The largest absolute Gasteiger partial charge is 0.504 e. The predicted molar refractivity (Wildman–Crippen MR) is 68.9 cm³/mol. The molecule has 0 bridgehead atoms. The van der Waals surface area contributed by atoms with Crippen molar-refractivity contribution < 1.29 is 15.1 Å². The highest BCUT2D eigenvalue weighted by atomic mass is 16.6. The molecule has 5 heteroatoms. The van der Waals surface area contributed by atoms with Crippen molar-refractivity contribution in [3.05, 3.63) is 27.8 Å². The smallest absolute Gasteiger partial charge is 0.314 e. The fourth-order valence-corrected chi connectivity index (χ4v) is 1.77. The van der Waals surface area contributed by atoms with E-state index in [0.717, 1.165) is 6.42 Å². The molecule has 0 saturated carbocycles. The Morgan fingerprint density at radius 3 is 2.39 bits per heavy atom. The molecular weight excluding hydrogens is 234 g/mol. The first-order chi connectivity index (χ1) is 8.20. The number of hydrogen-bond acceptors (Lipinski definition) is 4. The Hall–Kier alpha value is -1.78. The lowest BCUT2D eigenvalue weighted by Crippen LogP contribution is -2.18. The summed E-state index contributed by atoms with van der Waals surface area (Å²) in [6.07, 6.45) is 0.906. The van der Waals surface area contributed by atoms with Crippen LogP contribution in [0.15, 0.2) is 12.1 Å². The third-order valence-corrected chi connectivity index (χ3v) is 3.87. The van der Waals surface area contributed by atoms with E-state index in [1.807, 2.05) is 13.8 Å². The molecule has 100 valence electrons. The van der Waals surface area contributed by atoms with Gasteiger partial charge in [0.25, 0.3) is 0 Å². The maximum Gasteiger partial charge on any atom is 0.314 e. The molecule has 0 aliphatic heterocycles. The number of phenolic OH excluding ortho intramolecular Hbond substituents is 2. The SMILES string of the molecule is CCC(C)(C)C(C)c1cc(O)c(O)c([N+](=O)[O-])c1. The van der Waals surface area contributed by atoms with E-state index in [9.17, 15) is 20.3 Å². The van der Waals surface area contributed by atoms with Gasteiger partial charge in [0.1, 0.15) is 0 Å². The summed E-state index contributed by atoms with van der Waals surface area (Å²) < 4.78 is 0. The average Bonchev–Trinajstić information content (AvgIpc) is 2.31. The molecule has 0 radical (unpaired) electrons. The fraction of sp³-hybridized carbons (Fsp3) is 0.538. The van der Waals surface area contributed by atoms with Gasteiger partial charge in [-0.3, -0.25) is 10.1 Å². The van der Waals surface area contributed by atoms with E-state index in [1.54, 1.807) is 0 Å². The minimum absolute atomic E-state index is 0.0349. The molecule has 0 heterocycles. The van der Waals surface area contributed by atoms with Crippen LogP contribution in [0, 0.1) is 15.5 Å². The van der Waals surface area contributed by atoms with Gasteiger partial charge in [0.05, 0.1) is 4.92 Å². The van der Waals surface area contributed by atoms with Crippen LogP contribution in [0.1, 0.15) is 45.6 Å². The number of rotatable bonds is 4. The maximum atomic E-state index is 10.8. The molecule has 1 unspecified atom stereocenters. The van der Waals surface area contributed by atoms with Gasteiger partial charge in [-0.25, -0.2) is 0 Å².